The van der Waals surface area contributed by atoms with Crippen LogP contribution in [0.3, 0.4) is 0 Å². The SMILES string of the molecule is FC1(F)C2c3ccccc3Cc3ccccc3C21.OC(CCc1cccc2ncccc12)CN1CCNCC1. The van der Waals surface area contributed by atoms with Crippen molar-refractivity contribution < 1.29 is 13.9 Å². The standard InChI is InChI=1S/C17H23N3O.C16H12F2/c21-15(13-20-11-9-18-10-12-20)7-6-14-3-1-5-17-16(14)4-2-8-19-17;17-16(18)14-12-7-3-1-5-10(12)9-11-6-2-4-8-13(11)15(14)16/h1-5,8,15,18,21H,6-7,9-13H2;1-8,14-15H,9H2. The van der Waals surface area contributed by atoms with E-state index in [2.05, 4.69) is 27.3 Å². The number of hydrogen-bond donors (Lipinski definition) is 2. The number of nitrogens with zero attached hydrogens (tertiary/aromatic N) is 2. The number of aliphatic hydroxyl groups is 1. The van der Waals surface area contributed by atoms with E-state index in [1.807, 2.05) is 72.9 Å². The van der Waals surface area contributed by atoms with Gasteiger partial charge in [0, 0.05) is 44.3 Å². The van der Waals surface area contributed by atoms with Gasteiger partial charge in [0.05, 0.1) is 23.5 Å². The summed E-state index contributed by atoms with van der Waals surface area (Å²) in [5, 5.41) is 14.8. The molecule has 202 valence electrons. The van der Waals surface area contributed by atoms with Gasteiger partial charge in [-0.3, -0.25) is 9.88 Å². The van der Waals surface area contributed by atoms with Crippen molar-refractivity contribution in [2.75, 3.05) is 32.7 Å². The summed E-state index contributed by atoms with van der Waals surface area (Å²) in [7, 11) is 0. The molecule has 7 rings (SSSR count). The molecule has 4 aromatic rings. The van der Waals surface area contributed by atoms with Crippen LogP contribution in [0.25, 0.3) is 10.9 Å². The molecule has 1 saturated carbocycles. The van der Waals surface area contributed by atoms with Crippen molar-refractivity contribution in [1.82, 2.24) is 15.2 Å². The quantitative estimate of drug-likeness (QED) is 0.358. The van der Waals surface area contributed by atoms with Gasteiger partial charge in [-0.1, -0.05) is 66.7 Å². The van der Waals surface area contributed by atoms with Crippen LogP contribution in [0.15, 0.2) is 85.1 Å². The monoisotopic (exact) mass is 527 g/mol. The summed E-state index contributed by atoms with van der Waals surface area (Å²) < 4.78 is 28.1. The van der Waals surface area contributed by atoms with E-state index in [-0.39, 0.29) is 6.10 Å². The molecule has 4 nitrogen and oxygen atoms in total. The summed E-state index contributed by atoms with van der Waals surface area (Å²) in [5.41, 5.74) is 6.09. The summed E-state index contributed by atoms with van der Waals surface area (Å²) >= 11 is 0. The first-order valence-corrected chi connectivity index (χ1v) is 14.0. The number of aliphatic hydroxyl groups excluding tert-OH is 1. The third kappa shape index (κ3) is 5.46. The molecule has 1 saturated heterocycles. The number of fused-ring (bicyclic) bond motifs is 6. The molecule has 0 amide bonds. The zero-order valence-corrected chi connectivity index (χ0v) is 22.1. The molecule has 3 atom stereocenters. The average molecular weight is 528 g/mol. The number of alkyl halides is 2. The number of aromatic nitrogens is 1. The van der Waals surface area contributed by atoms with Crippen molar-refractivity contribution in [3.05, 3.63) is 113 Å². The number of hydrogen-bond acceptors (Lipinski definition) is 4. The van der Waals surface area contributed by atoms with E-state index in [1.165, 1.54) is 10.9 Å². The zero-order valence-electron chi connectivity index (χ0n) is 22.1. The molecular formula is C33H35F2N3O. The zero-order chi connectivity index (χ0) is 26.8. The predicted molar refractivity (Wildman–Crippen MR) is 151 cm³/mol. The molecule has 3 aliphatic rings. The maximum absolute atomic E-state index is 14.0. The number of nitrogens with one attached hydrogen (secondary N) is 1. The number of aryl methyl sites for hydroxylation is 1. The highest BCUT2D eigenvalue weighted by Gasteiger charge is 2.70. The largest absolute Gasteiger partial charge is 0.392 e. The van der Waals surface area contributed by atoms with Gasteiger partial charge in [-0.05, 0) is 59.2 Å². The van der Waals surface area contributed by atoms with Crippen molar-refractivity contribution in [3.63, 3.8) is 0 Å². The van der Waals surface area contributed by atoms with Crippen molar-refractivity contribution in [2.45, 2.75) is 43.1 Å². The van der Waals surface area contributed by atoms with Crippen LogP contribution in [-0.2, 0) is 12.8 Å². The molecule has 2 fully saturated rings. The number of pyridine rings is 1. The van der Waals surface area contributed by atoms with Crippen LogP contribution in [-0.4, -0.2) is 59.7 Å². The number of benzene rings is 3. The topological polar surface area (TPSA) is 48.4 Å². The number of piperazine rings is 1. The van der Waals surface area contributed by atoms with Gasteiger partial charge in [-0.2, -0.15) is 0 Å². The predicted octanol–water partition coefficient (Wildman–Crippen LogP) is 5.54. The lowest BCUT2D eigenvalue weighted by Gasteiger charge is -2.29. The number of halogens is 2. The van der Waals surface area contributed by atoms with Crippen LogP contribution >= 0.6 is 0 Å². The second kappa shape index (κ2) is 11.1. The Kier molecular flexibility index (Phi) is 7.43. The fourth-order valence-electron chi connectivity index (χ4n) is 6.29. The molecule has 6 heteroatoms. The summed E-state index contributed by atoms with van der Waals surface area (Å²) in [6.45, 7) is 4.92. The van der Waals surface area contributed by atoms with Gasteiger partial charge in [0.2, 0.25) is 0 Å². The third-order valence-electron chi connectivity index (χ3n) is 8.38. The summed E-state index contributed by atoms with van der Waals surface area (Å²) in [6.07, 6.45) is 4.05. The first-order chi connectivity index (χ1) is 19.0. The molecule has 1 aromatic heterocycles. The fraction of sp³-hybridized carbons (Fsp3) is 0.364. The van der Waals surface area contributed by atoms with Crippen LogP contribution in [0.5, 0.6) is 0 Å². The first kappa shape index (κ1) is 26.1. The van der Waals surface area contributed by atoms with Crippen molar-refractivity contribution in [3.8, 4) is 0 Å². The normalized spacial score (nSPS) is 21.9. The van der Waals surface area contributed by atoms with Crippen LogP contribution < -0.4 is 5.32 Å². The smallest absolute Gasteiger partial charge is 0.263 e. The Bertz CT molecular complexity index is 1380. The Balaban J connectivity index is 0.000000143. The number of β-amino-alcohol motifs (C(OH)–C–C–N with tert-alkyl or cyclic N) is 1. The minimum atomic E-state index is -2.58. The Labute approximate surface area is 228 Å². The Hall–Kier alpha value is -3.19. The molecule has 3 aromatic carbocycles. The van der Waals surface area contributed by atoms with Gasteiger partial charge in [0.15, 0.2) is 0 Å². The minimum Gasteiger partial charge on any atom is -0.392 e. The lowest BCUT2D eigenvalue weighted by molar-refractivity contribution is 0.0987. The van der Waals surface area contributed by atoms with E-state index >= 15 is 0 Å². The van der Waals surface area contributed by atoms with E-state index in [1.54, 1.807) is 0 Å². The molecule has 2 aliphatic carbocycles. The van der Waals surface area contributed by atoms with E-state index in [4.69, 9.17) is 0 Å². The minimum absolute atomic E-state index is 0.255. The molecule has 2 N–H and O–H groups in total. The van der Waals surface area contributed by atoms with E-state index in [0.717, 1.165) is 79.8 Å². The van der Waals surface area contributed by atoms with Crippen LogP contribution in [0.1, 0.15) is 46.1 Å². The summed E-state index contributed by atoms with van der Waals surface area (Å²) in [6, 6.07) is 25.6. The maximum atomic E-state index is 14.0. The Morgan fingerprint density at radius 1 is 0.872 bits per heavy atom. The molecular weight excluding hydrogens is 492 g/mol. The first-order valence-electron chi connectivity index (χ1n) is 14.0. The molecule has 0 bridgehead atoms. The highest BCUT2D eigenvalue weighted by Crippen LogP contribution is 2.69. The Morgan fingerprint density at radius 2 is 1.54 bits per heavy atom. The van der Waals surface area contributed by atoms with Gasteiger partial charge in [0.25, 0.3) is 5.92 Å². The van der Waals surface area contributed by atoms with E-state index in [9.17, 15) is 13.9 Å². The Morgan fingerprint density at radius 3 is 2.23 bits per heavy atom. The highest BCUT2D eigenvalue weighted by molar-refractivity contribution is 5.81. The van der Waals surface area contributed by atoms with Gasteiger partial charge in [0.1, 0.15) is 0 Å². The van der Waals surface area contributed by atoms with Crippen molar-refractivity contribution in [2.24, 2.45) is 0 Å². The molecule has 39 heavy (non-hydrogen) atoms. The maximum Gasteiger partial charge on any atom is 0.263 e. The third-order valence-corrected chi connectivity index (χ3v) is 8.38. The van der Waals surface area contributed by atoms with Crippen LogP contribution in [0.2, 0.25) is 0 Å². The van der Waals surface area contributed by atoms with Crippen molar-refractivity contribution in [1.29, 1.82) is 0 Å². The molecule has 2 heterocycles. The highest BCUT2D eigenvalue weighted by atomic mass is 19.3. The van der Waals surface area contributed by atoms with Gasteiger partial charge < -0.3 is 10.4 Å². The second-order valence-corrected chi connectivity index (χ2v) is 10.9. The fourth-order valence-corrected chi connectivity index (χ4v) is 6.29. The van der Waals surface area contributed by atoms with Gasteiger partial charge in [-0.15, -0.1) is 0 Å². The van der Waals surface area contributed by atoms with E-state index < -0.39 is 17.8 Å². The average Bonchev–Trinajstić information content (AvgIpc) is 3.58. The molecule has 1 aliphatic heterocycles. The van der Waals surface area contributed by atoms with Gasteiger partial charge >= 0.3 is 0 Å². The van der Waals surface area contributed by atoms with Crippen molar-refractivity contribution >= 4 is 10.9 Å². The van der Waals surface area contributed by atoms with E-state index in [0.29, 0.717) is 0 Å². The van der Waals surface area contributed by atoms with Crippen LogP contribution in [0, 0.1) is 0 Å². The molecule has 3 unspecified atom stereocenters. The molecule has 0 spiro atoms. The second-order valence-electron chi connectivity index (χ2n) is 10.9. The summed E-state index contributed by atoms with van der Waals surface area (Å²) in [5.74, 6) is -3.80. The number of rotatable bonds is 5. The van der Waals surface area contributed by atoms with Gasteiger partial charge in [-0.25, -0.2) is 8.78 Å². The summed E-state index contributed by atoms with van der Waals surface area (Å²) in [4.78, 5) is 6.72. The molecule has 0 radical (unpaired) electrons. The lowest BCUT2D eigenvalue weighted by Crippen LogP contribution is -2.46. The lowest BCUT2D eigenvalue weighted by atomic mass is 9.97. The van der Waals surface area contributed by atoms with Crippen LogP contribution in [0.4, 0.5) is 8.78 Å².